The van der Waals surface area contributed by atoms with E-state index in [1.54, 1.807) is 36.4 Å². The van der Waals surface area contributed by atoms with Crippen molar-refractivity contribution in [2.24, 2.45) is 22.9 Å². The standard InChI is InChI=1S/C26H20N4O4/c27-23(31)19-5-1-3-17(21(19)25(29)33)15-9-7-14-12-16(10-8-13(14)11-15)18-4-2-6-20(24(28)32)22(18)26(30)34/h1-12H,(H2,27,31)(H2,28,32)(H2,29,33)(H2,30,34). The molecule has 0 aromatic heterocycles. The Hall–Kier alpha value is -4.98. The Morgan fingerprint density at radius 3 is 1.18 bits per heavy atom. The summed E-state index contributed by atoms with van der Waals surface area (Å²) in [5.74, 6) is -3.00. The van der Waals surface area contributed by atoms with Gasteiger partial charge in [0.15, 0.2) is 0 Å². The fourth-order valence-electron chi connectivity index (χ4n) is 4.11. The predicted octanol–water partition coefficient (Wildman–Crippen LogP) is 2.57. The van der Waals surface area contributed by atoms with Gasteiger partial charge in [-0.2, -0.15) is 0 Å². The number of fused-ring (bicyclic) bond motifs is 1. The van der Waals surface area contributed by atoms with Crippen LogP contribution in [0.25, 0.3) is 33.0 Å². The van der Waals surface area contributed by atoms with Crippen LogP contribution in [0.4, 0.5) is 0 Å². The van der Waals surface area contributed by atoms with Gasteiger partial charge in [-0.25, -0.2) is 0 Å². The summed E-state index contributed by atoms with van der Waals surface area (Å²) < 4.78 is 0. The van der Waals surface area contributed by atoms with Crippen LogP contribution in [0.1, 0.15) is 41.4 Å². The lowest BCUT2D eigenvalue weighted by molar-refractivity contribution is 0.0968. The lowest BCUT2D eigenvalue weighted by Gasteiger charge is -2.13. The minimum absolute atomic E-state index is 0.0498. The van der Waals surface area contributed by atoms with Crippen LogP contribution in [0.5, 0.6) is 0 Å². The van der Waals surface area contributed by atoms with Crippen LogP contribution in [-0.4, -0.2) is 23.6 Å². The fourth-order valence-corrected chi connectivity index (χ4v) is 4.11. The smallest absolute Gasteiger partial charge is 0.250 e. The average molecular weight is 452 g/mol. The van der Waals surface area contributed by atoms with E-state index in [0.717, 1.165) is 10.8 Å². The Balaban J connectivity index is 1.86. The molecule has 0 aliphatic carbocycles. The van der Waals surface area contributed by atoms with Crippen molar-refractivity contribution in [2.75, 3.05) is 0 Å². The number of hydrogen-bond acceptors (Lipinski definition) is 4. The summed E-state index contributed by atoms with van der Waals surface area (Å²) in [4.78, 5) is 47.8. The van der Waals surface area contributed by atoms with Gasteiger partial charge in [-0.05, 0) is 57.3 Å². The molecule has 4 aromatic rings. The maximum atomic E-state index is 12.1. The van der Waals surface area contributed by atoms with Gasteiger partial charge in [0.05, 0.1) is 22.3 Å². The topological polar surface area (TPSA) is 172 Å². The SMILES string of the molecule is NC(=O)c1cccc(-c2ccc3cc(-c4cccc(C(N)=O)c4C(N)=O)ccc3c2)c1C(N)=O. The first kappa shape index (κ1) is 22.2. The third-order valence-corrected chi connectivity index (χ3v) is 5.61. The molecule has 34 heavy (non-hydrogen) atoms. The van der Waals surface area contributed by atoms with Gasteiger partial charge in [0.1, 0.15) is 0 Å². The highest BCUT2D eigenvalue weighted by atomic mass is 16.2. The molecule has 168 valence electrons. The Kier molecular flexibility index (Phi) is 5.56. The van der Waals surface area contributed by atoms with E-state index in [1.807, 2.05) is 24.3 Å². The number of hydrogen-bond donors (Lipinski definition) is 4. The highest BCUT2D eigenvalue weighted by molar-refractivity contribution is 6.12. The molecule has 0 saturated carbocycles. The molecule has 0 aliphatic rings. The number of benzene rings is 4. The van der Waals surface area contributed by atoms with Crippen molar-refractivity contribution in [3.05, 3.63) is 95.1 Å². The second-order valence-electron chi connectivity index (χ2n) is 7.69. The molecule has 0 fully saturated rings. The van der Waals surface area contributed by atoms with E-state index < -0.39 is 23.6 Å². The van der Waals surface area contributed by atoms with Crippen molar-refractivity contribution in [3.8, 4) is 22.3 Å². The zero-order valence-corrected chi connectivity index (χ0v) is 17.9. The van der Waals surface area contributed by atoms with Crippen LogP contribution in [0, 0.1) is 0 Å². The van der Waals surface area contributed by atoms with Crippen LogP contribution < -0.4 is 22.9 Å². The van der Waals surface area contributed by atoms with Gasteiger partial charge >= 0.3 is 0 Å². The second-order valence-corrected chi connectivity index (χ2v) is 7.69. The van der Waals surface area contributed by atoms with Gasteiger partial charge in [0.25, 0.3) is 0 Å². The highest BCUT2D eigenvalue weighted by Gasteiger charge is 2.20. The Bertz CT molecular complexity index is 1410. The Labute approximate surface area is 194 Å². The number of nitrogens with two attached hydrogens (primary N) is 4. The molecule has 0 heterocycles. The van der Waals surface area contributed by atoms with E-state index in [1.165, 1.54) is 12.1 Å². The van der Waals surface area contributed by atoms with Crippen molar-refractivity contribution in [2.45, 2.75) is 0 Å². The average Bonchev–Trinajstić information content (AvgIpc) is 2.82. The van der Waals surface area contributed by atoms with Gasteiger partial charge in [-0.15, -0.1) is 0 Å². The number of primary amides is 4. The molecular weight excluding hydrogens is 432 g/mol. The van der Waals surface area contributed by atoms with E-state index in [2.05, 4.69) is 0 Å². The minimum Gasteiger partial charge on any atom is -0.366 e. The van der Waals surface area contributed by atoms with E-state index in [0.29, 0.717) is 22.3 Å². The van der Waals surface area contributed by atoms with Crippen molar-refractivity contribution < 1.29 is 19.2 Å². The maximum absolute atomic E-state index is 12.1. The molecule has 0 saturated heterocycles. The van der Waals surface area contributed by atoms with E-state index in [-0.39, 0.29) is 22.3 Å². The van der Waals surface area contributed by atoms with Crippen LogP contribution in [0.15, 0.2) is 72.8 Å². The first-order chi connectivity index (χ1) is 16.2. The third-order valence-electron chi connectivity index (χ3n) is 5.61. The fraction of sp³-hybridized carbons (Fsp3) is 0. The van der Waals surface area contributed by atoms with E-state index in [4.69, 9.17) is 22.9 Å². The maximum Gasteiger partial charge on any atom is 0.250 e. The van der Waals surface area contributed by atoms with Crippen molar-refractivity contribution in [1.82, 2.24) is 0 Å². The summed E-state index contributed by atoms with van der Waals surface area (Å²) in [5, 5.41) is 1.65. The molecule has 0 bridgehead atoms. The summed E-state index contributed by atoms with van der Waals surface area (Å²) >= 11 is 0. The molecule has 4 aromatic carbocycles. The quantitative estimate of drug-likeness (QED) is 0.352. The molecule has 8 N–H and O–H groups in total. The lowest BCUT2D eigenvalue weighted by atomic mass is 9.91. The Morgan fingerprint density at radius 2 is 0.853 bits per heavy atom. The monoisotopic (exact) mass is 452 g/mol. The summed E-state index contributed by atoms with van der Waals surface area (Å²) in [7, 11) is 0. The summed E-state index contributed by atoms with van der Waals surface area (Å²) in [6, 6.07) is 20.5. The number of carbonyl (C=O) groups excluding carboxylic acids is 4. The molecule has 0 atom stereocenters. The van der Waals surface area contributed by atoms with Gasteiger partial charge in [0, 0.05) is 0 Å². The molecule has 0 spiro atoms. The zero-order valence-electron chi connectivity index (χ0n) is 17.9. The summed E-state index contributed by atoms with van der Waals surface area (Å²) in [6.45, 7) is 0. The second kappa shape index (κ2) is 8.51. The normalized spacial score (nSPS) is 10.7. The van der Waals surface area contributed by atoms with Crippen molar-refractivity contribution >= 4 is 34.4 Å². The molecule has 8 nitrogen and oxygen atoms in total. The minimum atomic E-state index is -0.756. The van der Waals surface area contributed by atoms with Gasteiger partial charge in [-0.3, -0.25) is 19.2 Å². The molecule has 8 heteroatoms. The van der Waals surface area contributed by atoms with Crippen molar-refractivity contribution in [3.63, 3.8) is 0 Å². The van der Waals surface area contributed by atoms with E-state index >= 15 is 0 Å². The number of carbonyl (C=O) groups is 4. The first-order valence-corrected chi connectivity index (χ1v) is 10.2. The number of rotatable bonds is 6. The summed E-state index contributed by atoms with van der Waals surface area (Å²) in [6.07, 6.45) is 0. The molecular formula is C26H20N4O4. The predicted molar refractivity (Wildman–Crippen MR) is 129 cm³/mol. The zero-order chi connectivity index (χ0) is 24.6. The number of amides is 4. The van der Waals surface area contributed by atoms with Crippen molar-refractivity contribution in [1.29, 1.82) is 0 Å². The molecule has 4 amide bonds. The van der Waals surface area contributed by atoms with Crippen LogP contribution >= 0.6 is 0 Å². The Morgan fingerprint density at radius 1 is 0.471 bits per heavy atom. The third kappa shape index (κ3) is 3.84. The largest absolute Gasteiger partial charge is 0.366 e. The van der Waals surface area contributed by atoms with E-state index in [9.17, 15) is 19.2 Å². The molecule has 0 aliphatic heterocycles. The molecule has 4 rings (SSSR count). The van der Waals surface area contributed by atoms with Gasteiger partial charge < -0.3 is 22.9 Å². The molecule has 0 unspecified atom stereocenters. The molecule has 0 radical (unpaired) electrons. The lowest BCUT2D eigenvalue weighted by Crippen LogP contribution is -2.21. The van der Waals surface area contributed by atoms with Crippen LogP contribution in [0.2, 0.25) is 0 Å². The van der Waals surface area contributed by atoms with Gasteiger partial charge in [-0.1, -0.05) is 48.5 Å². The summed E-state index contributed by atoms with van der Waals surface area (Å²) in [5.41, 5.74) is 24.4. The van der Waals surface area contributed by atoms with Gasteiger partial charge in [0.2, 0.25) is 23.6 Å². The first-order valence-electron chi connectivity index (χ1n) is 10.2. The van der Waals surface area contributed by atoms with Crippen LogP contribution in [0.3, 0.4) is 0 Å². The highest BCUT2D eigenvalue weighted by Crippen LogP contribution is 2.33. The van der Waals surface area contributed by atoms with Crippen LogP contribution in [-0.2, 0) is 0 Å².